The van der Waals surface area contributed by atoms with Crippen LogP contribution in [-0.2, 0) is 0 Å². The molecule has 1 aromatic carbocycles. The number of benzene rings is 1. The number of hydrogen-bond acceptors (Lipinski definition) is 3. The summed E-state index contributed by atoms with van der Waals surface area (Å²) in [4.78, 5) is 0. The van der Waals surface area contributed by atoms with Crippen LogP contribution >= 0.6 is 0 Å². The van der Waals surface area contributed by atoms with Crippen molar-refractivity contribution in [3.63, 3.8) is 0 Å². The average Bonchev–Trinajstić information content (AvgIpc) is 2.98. The topological polar surface area (TPSA) is 49.7 Å². The molecule has 1 aliphatic rings. The van der Waals surface area contributed by atoms with Gasteiger partial charge in [0.05, 0.1) is 7.11 Å². The molecule has 0 spiro atoms. The van der Waals surface area contributed by atoms with Crippen molar-refractivity contribution in [2.45, 2.75) is 12.3 Å². The van der Waals surface area contributed by atoms with Crippen LogP contribution in [0.15, 0.2) is 18.2 Å². The van der Waals surface area contributed by atoms with Crippen LogP contribution in [0, 0.1) is 5.92 Å². The minimum Gasteiger partial charge on any atom is -0.504 e. The van der Waals surface area contributed by atoms with Gasteiger partial charge in [0.2, 0.25) is 0 Å². The van der Waals surface area contributed by atoms with Crippen LogP contribution in [0.25, 0.3) is 0 Å². The van der Waals surface area contributed by atoms with E-state index in [0.29, 0.717) is 17.6 Å². The fourth-order valence-corrected chi connectivity index (χ4v) is 1.78. The molecule has 0 radical (unpaired) electrons. The maximum absolute atomic E-state index is 9.39. The van der Waals surface area contributed by atoms with Gasteiger partial charge in [-0.2, -0.15) is 0 Å². The first-order valence-electron chi connectivity index (χ1n) is 4.74. The van der Waals surface area contributed by atoms with Gasteiger partial charge in [-0.15, -0.1) is 0 Å². The van der Waals surface area contributed by atoms with Crippen LogP contribution < -0.4 is 4.74 Å². The van der Waals surface area contributed by atoms with Crippen LogP contribution in [0.1, 0.15) is 17.9 Å². The lowest BCUT2D eigenvalue weighted by Crippen LogP contribution is -1.90. The molecule has 0 aromatic heterocycles. The van der Waals surface area contributed by atoms with Crippen LogP contribution in [0.2, 0.25) is 0 Å². The molecule has 76 valence electrons. The van der Waals surface area contributed by atoms with Crippen molar-refractivity contribution in [1.29, 1.82) is 0 Å². The highest BCUT2D eigenvalue weighted by molar-refractivity contribution is 5.44. The van der Waals surface area contributed by atoms with Crippen molar-refractivity contribution in [2.24, 2.45) is 5.92 Å². The Labute approximate surface area is 83.0 Å². The lowest BCUT2D eigenvalue weighted by atomic mass is 10.1. The highest BCUT2D eigenvalue weighted by Gasteiger charge is 2.37. The Balaban J connectivity index is 2.20. The van der Waals surface area contributed by atoms with Crippen LogP contribution in [0.5, 0.6) is 11.5 Å². The van der Waals surface area contributed by atoms with Crippen LogP contribution in [0.3, 0.4) is 0 Å². The average molecular weight is 194 g/mol. The number of aliphatic hydroxyl groups is 1. The van der Waals surface area contributed by atoms with Gasteiger partial charge in [0, 0.05) is 6.61 Å². The summed E-state index contributed by atoms with van der Waals surface area (Å²) in [6.45, 7) is 0.244. The Hall–Kier alpha value is -1.22. The van der Waals surface area contributed by atoms with E-state index in [2.05, 4.69) is 0 Å². The fourth-order valence-electron chi connectivity index (χ4n) is 1.78. The molecule has 1 aromatic rings. The van der Waals surface area contributed by atoms with E-state index in [4.69, 9.17) is 9.84 Å². The van der Waals surface area contributed by atoms with Crippen molar-refractivity contribution in [3.05, 3.63) is 23.8 Å². The van der Waals surface area contributed by atoms with E-state index < -0.39 is 0 Å². The minimum atomic E-state index is 0.164. The monoisotopic (exact) mass is 194 g/mol. The van der Waals surface area contributed by atoms with E-state index in [1.165, 1.54) is 7.11 Å². The van der Waals surface area contributed by atoms with Gasteiger partial charge in [0.1, 0.15) is 0 Å². The molecule has 0 bridgehead atoms. The molecule has 2 rings (SSSR count). The number of aromatic hydroxyl groups is 1. The maximum atomic E-state index is 9.39. The zero-order chi connectivity index (χ0) is 10.1. The number of hydrogen-bond donors (Lipinski definition) is 2. The molecule has 1 fully saturated rings. The summed E-state index contributed by atoms with van der Waals surface area (Å²) >= 11 is 0. The summed E-state index contributed by atoms with van der Waals surface area (Å²) in [5.41, 5.74) is 1.14. The van der Waals surface area contributed by atoms with Crippen molar-refractivity contribution in [1.82, 2.24) is 0 Å². The molecule has 0 unspecified atom stereocenters. The van der Waals surface area contributed by atoms with Crippen molar-refractivity contribution >= 4 is 0 Å². The molecule has 1 aliphatic carbocycles. The maximum Gasteiger partial charge on any atom is 0.160 e. The molecular formula is C11H14O3. The predicted octanol–water partition coefficient (Wildman–Crippen LogP) is 1.50. The van der Waals surface area contributed by atoms with Gasteiger partial charge >= 0.3 is 0 Å². The third kappa shape index (κ3) is 1.55. The Morgan fingerprint density at radius 3 is 2.86 bits per heavy atom. The standard InChI is InChI=1S/C11H14O3/c1-14-11-5-7(2-3-10(11)13)9-4-8(9)6-12/h2-3,5,8-9,12-13H,4,6H2,1H3/t8-,9-/m1/s1. The third-order valence-corrected chi connectivity index (χ3v) is 2.79. The Bertz CT molecular complexity index is 335. The summed E-state index contributed by atoms with van der Waals surface area (Å²) in [6, 6.07) is 5.37. The van der Waals surface area contributed by atoms with E-state index in [9.17, 15) is 5.11 Å². The molecule has 0 heterocycles. The fraction of sp³-hybridized carbons (Fsp3) is 0.455. The van der Waals surface area contributed by atoms with E-state index in [0.717, 1.165) is 12.0 Å². The normalized spacial score (nSPS) is 24.7. The minimum absolute atomic E-state index is 0.164. The van der Waals surface area contributed by atoms with Crippen molar-refractivity contribution < 1.29 is 14.9 Å². The second-order valence-corrected chi connectivity index (χ2v) is 3.72. The molecule has 3 heteroatoms. The second-order valence-electron chi connectivity index (χ2n) is 3.72. The molecule has 0 amide bonds. The molecule has 14 heavy (non-hydrogen) atoms. The van der Waals surface area contributed by atoms with E-state index in [1.807, 2.05) is 12.1 Å². The zero-order valence-corrected chi connectivity index (χ0v) is 8.10. The first-order valence-corrected chi connectivity index (χ1v) is 4.74. The Morgan fingerprint density at radius 1 is 1.50 bits per heavy atom. The third-order valence-electron chi connectivity index (χ3n) is 2.79. The predicted molar refractivity (Wildman–Crippen MR) is 52.6 cm³/mol. The second kappa shape index (κ2) is 3.50. The number of phenolic OH excluding ortho intramolecular Hbond substituents is 1. The lowest BCUT2D eigenvalue weighted by Gasteiger charge is -2.05. The summed E-state index contributed by atoms with van der Waals surface area (Å²) in [5, 5.41) is 18.3. The highest BCUT2D eigenvalue weighted by atomic mass is 16.5. The van der Waals surface area contributed by atoms with E-state index in [-0.39, 0.29) is 12.4 Å². The van der Waals surface area contributed by atoms with Crippen molar-refractivity contribution in [2.75, 3.05) is 13.7 Å². The summed E-state index contributed by atoms with van der Waals surface area (Å²) in [5.74, 6) is 1.50. The van der Waals surface area contributed by atoms with Gasteiger partial charge in [-0.3, -0.25) is 0 Å². The SMILES string of the molecule is COc1cc([C@H]2C[C@@H]2CO)ccc1O. The molecule has 0 saturated heterocycles. The van der Waals surface area contributed by atoms with Crippen molar-refractivity contribution in [3.8, 4) is 11.5 Å². The van der Waals surface area contributed by atoms with Gasteiger partial charge in [-0.05, 0) is 36.0 Å². The van der Waals surface area contributed by atoms with E-state index >= 15 is 0 Å². The van der Waals surface area contributed by atoms with Crippen LogP contribution in [0.4, 0.5) is 0 Å². The number of rotatable bonds is 3. The first kappa shape index (κ1) is 9.34. The first-order chi connectivity index (χ1) is 6.76. The highest BCUT2D eigenvalue weighted by Crippen LogP contribution is 2.48. The Morgan fingerprint density at radius 2 is 2.29 bits per heavy atom. The van der Waals surface area contributed by atoms with Crippen LogP contribution in [-0.4, -0.2) is 23.9 Å². The smallest absolute Gasteiger partial charge is 0.160 e. The quantitative estimate of drug-likeness (QED) is 0.766. The molecule has 1 saturated carbocycles. The van der Waals surface area contributed by atoms with Gasteiger partial charge < -0.3 is 14.9 Å². The largest absolute Gasteiger partial charge is 0.504 e. The molecule has 0 aliphatic heterocycles. The number of methoxy groups -OCH3 is 1. The lowest BCUT2D eigenvalue weighted by molar-refractivity contribution is 0.274. The molecule has 2 N–H and O–H groups in total. The van der Waals surface area contributed by atoms with E-state index in [1.54, 1.807) is 6.07 Å². The number of phenols is 1. The zero-order valence-electron chi connectivity index (χ0n) is 8.10. The number of ether oxygens (including phenoxy) is 1. The number of aliphatic hydroxyl groups excluding tert-OH is 1. The van der Waals surface area contributed by atoms with Gasteiger partial charge in [0.15, 0.2) is 11.5 Å². The summed E-state index contributed by atoms with van der Waals surface area (Å²) in [7, 11) is 1.54. The van der Waals surface area contributed by atoms with Gasteiger partial charge in [0.25, 0.3) is 0 Å². The molecular weight excluding hydrogens is 180 g/mol. The molecule has 2 atom stereocenters. The summed E-state index contributed by atoms with van der Waals surface area (Å²) < 4.78 is 5.02. The van der Waals surface area contributed by atoms with Gasteiger partial charge in [-0.25, -0.2) is 0 Å². The Kier molecular flexibility index (Phi) is 2.33. The van der Waals surface area contributed by atoms with Gasteiger partial charge in [-0.1, -0.05) is 6.07 Å². The summed E-state index contributed by atoms with van der Waals surface area (Å²) in [6.07, 6.45) is 1.03. The molecule has 3 nitrogen and oxygen atoms in total.